The van der Waals surface area contributed by atoms with Crippen molar-refractivity contribution in [3.63, 3.8) is 0 Å². The van der Waals surface area contributed by atoms with E-state index in [-0.39, 0.29) is 0 Å². The second-order valence-corrected chi connectivity index (χ2v) is 3.88. The average molecular weight is 179 g/mol. The third-order valence-corrected chi connectivity index (χ3v) is 2.99. The van der Waals surface area contributed by atoms with Crippen molar-refractivity contribution in [1.29, 1.82) is 0 Å². The van der Waals surface area contributed by atoms with Crippen LogP contribution in [-0.2, 0) is 6.42 Å². The van der Waals surface area contributed by atoms with Gasteiger partial charge in [0.2, 0.25) is 0 Å². The zero-order chi connectivity index (χ0) is 9.26. The van der Waals surface area contributed by atoms with Gasteiger partial charge in [-0.2, -0.15) is 5.10 Å². The summed E-state index contributed by atoms with van der Waals surface area (Å²) in [6.07, 6.45) is 4.82. The second-order valence-electron chi connectivity index (χ2n) is 3.88. The molecule has 0 amide bonds. The summed E-state index contributed by atoms with van der Waals surface area (Å²) < 4.78 is 0. The van der Waals surface area contributed by atoms with Crippen LogP contribution in [-0.4, -0.2) is 16.7 Å². The van der Waals surface area contributed by atoms with Gasteiger partial charge in [0.1, 0.15) is 0 Å². The Hall–Kier alpha value is -0.830. The number of aromatic amines is 1. The zero-order valence-electron chi connectivity index (χ0n) is 8.14. The fourth-order valence-electron chi connectivity index (χ4n) is 2.27. The van der Waals surface area contributed by atoms with E-state index < -0.39 is 0 Å². The van der Waals surface area contributed by atoms with Crippen LogP contribution < -0.4 is 5.73 Å². The van der Waals surface area contributed by atoms with E-state index in [0.29, 0.717) is 5.92 Å². The Kier molecular flexibility index (Phi) is 2.36. The molecule has 3 nitrogen and oxygen atoms in total. The Labute approximate surface area is 78.7 Å². The van der Waals surface area contributed by atoms with Crippen LogP contribution in [0.15, 0.2) is 0 Å². The molecule has 3 heteroatoms. The maximum absolute atomic E-state index is 5.59. The fraction of sp³-hybridized carbons (Fsp3) is 0.700. The molecule has 13 heavy (non-hydrogen) atoms. The number of fused-ring (bicyclic) bond motifs is 1. The van der Waals surface area contributed by atoms with E-state index in [2.05, 4.69) is 17.1 Å². The minimum Gasteiger partial charge on any atom is -0.330 e. The molecule has 3 N–H and O–H groups in total. The first-order chi connectivity index (χ1) is 6.33. The molecule has 2 rings (SSSR count). The number of nitrogens with two attached hydrogens (primary N) is 1. The lowest BCUT2D eigenvalue weighted by molar-refractivity contribution is 0.515. The molecule has 0 aromatic carbocycles. The van der Waals surface area contributed by atoms with Gasteiger partial charge in [-0.05, 0) is 44.7 Å². The first-order valence-electron chi connectivity index (χ1n) is 5.06. The Bertz CT molecular complexity index is 290. The molecule has 1 heterocycles. The highest BCUT2D eigenvalue weighted by molar-refractivity contribution is 5.29. The smallest absolute Gasteiger partial charge is 0.0688 e. The lowest BCUT2D eigenvalue weighted by Crippen LogP contribution is -2.13. The van der Waals surface area contributed by atoms with Gasteiger partial charge in [0.05, 0.1) is 5.69 Å². The Morgan fingerprint density at radius 2 is 2.46 bits per heavy atom. The number of rotatable bonds is 2. The van der Waals surface area contributed by atoms with Crippen molar-refractivity contribution in [2.75, 3.05) is 6.54 Å². The van der Waals surface area contributed by atoms with Crippen LogP contribution in [0.4, 0.5) is 0 Å². The van der Waals surface area contributed by atoms with Gasteiger partial charge in [-0.15, -0.1) is 0 Å². The topological polar surface area (TPSA) is 54.7 Å². The first kappa shape index (κ1) is 8.75. The van der Waals surface area contributed by atoms with Crippen molar-refractivity contribution in [2.45, 2.75) is 38.5 Å². The highest BCUT2D eigenvalue weighted by Crippen LogP contribution is 2.33. The van der Waals surface area contributed by atoms with Gasteiger partial charge in [-0.25, -0.2) is 0 Å². The Morgan fingerprint density at radius 1 is 1.62 bits per heavy atom. The van der Waals surface area contributed by atoms with Gasteiger partial charge in [0.15, 0.2) is 0 Å². The Balaban J connectivity index is 2.27. The lowest BCUT2D eigenvalue weighted by Gasteiger charge is -2.20. The summed E-state index contributed by atoms with van der Waals surface area (Å²) in [4.78, 5) is 0. The van der Waals surface area contributed by atoms with Gasteiger partial charge in [0, 0.05) is 11.6 Å². The maximum atomic E-state index is 5.59. The fourth-order valence-corrected chi connectivity index (χ4v) is 2.27. The highest BCUT2D eigenvalue weighted by Gasteiger charge is 2.23. The maximum Gasteiger partial charge on any atom is 0.0688 e. The van der Waals surface area contributed by atoms with Crippen molar-refractivity contribution < 1.29 is 0 Å². The lowest BCUT2D eigenvalue weighted by atomic mass is 9.85. The molecular formula is C10H17N3. The van der Waals surface area contributed by atoms with E-state index >= 15 is 0 Å². The Morgan fingerprint density at radius 3 is 3.23 bits per heavy atom. The van der Waals surface area contributed by atoms with Crippen LogP contribution in [0.5, 0.6) is 0 Å². The van der Waals surface area contributed by atoms with Gasteiger partial charge in [-0.1, -0.05) is 0 Å². The summed E-state index contributed by atoms with van der Waals surface area (Å²) in [7, 11) is 0. The number of H-pyrrole nitrogens is 1. The number of hydrogen-bond acceptors (Lipinski definition) is 2. The number of nitrogens with one attached hydrogen (secondary N) is 1. The van der Waals surface area contributed by atoms with Crippen LogP contribution >= 0.6 is 0 Å². The summed E-state index contributed by atoms with van der Waals surface area (Å²) in [6.45, 7) is 2.88. The number of nitrogens with zero attached hydrogens (tertiary/aromatic N) is 1. The highest BCUT2D eigenvalue weighted by atomic mass is 15.1. The molecule has 72 valence electrons. The number of hydrogen-bond donors (Lipinski definition) is 2. The van der Waals surface area contributed by atoms with E-state index in [4.69, 9.17) is 5.73 Å². The zero-order valence-corrected chi connectivity index (χ0v) is 8.14. The normalized spacial score (nSPS) is 21.5. The molecule has 1 atom stereocenters. The second kappa shape index (κ2) is 3.50. The van der Waals surface area contributed by atoms with Crippen LogP contribution in [0.2, 0.25) is 0 Å². The van der Waals surface area contributed by atoms with E-state index in [0.717, 1.165) is 13.0 Å². The summed E-state index contributed by atoms with van der Waals surface area (Å²) in [5.74, 6) is 0.610. The molecule has 1 aliphatic carbocycles. The quantitative estimate of drug-likeness (QED) is 0.722. The first-order valence-corrected chi connectivity index (χ1v) is 5.06. The van der Waals surface area contributed by atoms with Gasteiger partial charge in [-0.3, -0.25) is 5.10 Å². The van der Waals surface area contributed by atoms with E-state index in [1.807, 2.05) is 0 Å². The van der Waals surface area contributed by atoms with Crippen LogP contribution in [0.3, 0.4) is 0 Å². The number of aryl methyl sites for hydroxylation is 1. The average Bonchev–Trinajstić information content (AvgIpc) is 2.50. The van der Waals surface area contributed by atoms with Crippen molar-refractivity contribution in [2.24, 2.45) is 5.73 Å². The third kappa shape index (κ3) is 1.48. The molecule has 1 aromatic rings. The van der Waals surface area contributed by atoms with Crippen molar-refractivity contribution >= 4 is 0 Å². The molecular weight excluding hydrogens is 162 g/mol. The van der Waals surface area contributed by atoms with E-state index in [1.165, 1.54) is 36.2 Å². The van der Waals surface area contributed by atoms with Crippen molar-refractivity contribution in [1.82, 2.24) is 10.2 Å². The van der Waals surface area contributed by atoms with Crippen molar-refractivity contribution in [3.8, 4) is 0 Å². The minimum absolute atomic E-state index is 0.610. The summed E-state index contributed by atoms with van der Waals surface area (Å²) in [5.41, 5.74) is 9.57. The number of aromatic nitrogens is 2. The molecule has 0 radical (unpaired) electrons. The minimum atomic E-state index is 0.610. The third-order valence-electron chi connectivity index (χ3n) is 2.99. The van der Waals surface area contributed by atoms with Crippen molar-refractivity contribution in [3.05, 3.63) is 17.0 Å². The standard InChI is InChI=1S/C10H17N3/c1-7-9-4-2-3-8(5-6-11)10(9)13-12-7/h8H,2-6,11H2,1H3,(H,12,13). The largest absolute Gasteiger partial charge is 0.330 e. The summed E-state index contributed by atoms with van der Waals surface area (Å²) in [6, 6.07) is 0. The molecule has 0 saturated carbocycles. The molecule has 1 aromatic heterocycles. The molecule has 1 unspecified atom stereocenters. The van der Waals surface area contributed by atoms with E-state index in [9.17, 15) is 0 Å². The molecule has 0 saturated heterocycles. The predicted molar refractivity (Wildman–Crippen MR) is 52.7 cm³/mol. The van der Waals surface area contributed by atoms with Gasteiger partial charge >= 0.3 is 0 Å². The summed E-state index contributed by atoms with van der Waals surface area (Å²) >= 11 is 0. The molecule has 0 bridgehead atoms. The predicted octanol–water partition coefficient (Wildman–Crippen LogP) is 1.49. The SMILES string of the molecule is Cc1[nH]nc2c1CCCC2CCN. The van der Waals surface area contributed by atoms with E-state index in [1.54, 1.807) is 0 Å². The molecule has 0 fully saturated rings. The van der Waals surface area contributed by atoms with Crippen LogP contribution in [0.25, 0.3) is 0 Å². The van der Waals surface area contributed by atoms with Crippen LogP contribution in [0.1, 0.15) is 42.1 Å². The molecule has 1 aliphatic rings. The monoisotopic (exact) mass is 179 g/mol. The summed E-state index contributed by atoms with van der Waals surface area (Å²) in [5, 5.41) is 7.45. The molecule has 0 spiro atoms. The van der Waals surface area contributed by atoms with Crippen LogP contribution in [0, 0.1) is 6.92 Å². The van der Waals surface area contributed by atoms with Gasteiger partial charge in [0.25, 0.3) is 0 Å². The van der Waals surface area contributed by atoms with Gasteiger partial charge < -0.3 is 5.73 Å². The molecule has 0 aliphatic heterocycles.